The molecular formula is C13H12BrClN2O. The molecule has 3 nitrogen and oxygen atoms in total. The third kappa shape index (κ3) is 2.76. The number of hydrogen-bond donors (Lipinski definition) is 1. The standard InChI is InChI=1S/C13H12BrClN2O/c14-11-5-8(15)1-4-10(11)12-6-17-13(18-12)7-16-9-2-3-9/h1,4-6,9,16H,2-3,7H2. The van der Waals surface area contributed by atoms with Gasteiger partial charge in [0.1, 0.15) is 0 Å². The molecule has 0 radical (unpaired) electrons. The lowest BCUT2D eigenvalue weighted by atomic mass is 10.2. The average Bonchev–Trinajstić information content (AvgIpc) is 3.05. The maximum Gasteiger partial charge on any atom is 0.208 e. The number of nitrogens with one attached hydrogen (secondary N) is 1. The maximum atomic E-state index is 5.91. The summed E-state index contributed by atoms with van der Waals surface area (Å²) in [4.78, 5) is 4.27. The van der Waals surface area contributed by atoms with Gasteiger partial charge in [-0.3, -0.25) is 0 Å². The summed E-state index contributed by atoms with van der Waals surface area (Å²) in [5.41, 5.74) is 0.963. The van der Waals surface area contributed by atoms with Crippen molar-refractivity contribution in [1.82, 2.24) is 10.3 Å². The molecule has 3 rings (SSSR count). The van der Waals surface area contributed by atoms with Crippen molar-refractivity contribution in [1.29, 1.82) is 0 Å². The van der Waals surface area contributed by atoms with Gasteiger partial charge in [0.2, 0.25) is 5.89 Å². The largest absolute Gasteiger partial charge is 0.439 e. The minimum absolute atomic E-state index is 0.655. The second-order valence-corrected chi connectivity index (χ2v) is 5.69. The van der Waals surface area contributed by atoms with Gasteiger partial charge in [-0.15, -0.1) is 0 Å². The Hall–Kier alpha value is -0.840. The molecule has 2 aromatic rings. The molecule has 0 saturated heterocycles. The Bertz CT molecular complexity index is 566. The molecule has 1 saturated carbocycles. The summed E-state index contributed by atoms with van der Waals surface area (Å²) in [6.07, 6.45) is 4.27. The Morgan fingerprint density at radius 2 is 2.28 bits per heavy atom. The van der Waals surface area contributed by atoms with Gasteiger partial charge in [-0.25, -0.2) is 4.98 Å². The fraction of sp³-hybridized carbons (Fsp3) is 0.308. The van der Waals surface area contributed by atoms with Crippen LogP contribution in [0.5, 0.6) is 0 Å². The summed E-state index contributed by atoms with van der Waals surface area (Å²) >= 11 is 9.39. The van der Waals surface area contributed by atoms with Gasteiger partial charge >= 0.3 is 0 Å². The Morgan fingerprint density at radius 3 is 3.00 bits per heavy atom. The third-order valence-corrected chi connectivity index (χ3v) is 3.76. The fourth-order valence-corrected chi connectivity index (χ4v) is 2.60. The highest BCUT2D eigenvalue weighted by Crippen LogP contribution is 2.31. The van der Waals surface area contributed by atoms with Crippen LogP contribution in [0.3, 0.4) is 0 Å². The van der Waals surface area contributed by atoms with Crippen molar-refractivity contribution in [3.63, 3.8) is 0 Å². The molecule has 5 heteroatoms. The normalized spacial score (nSPS) is 15.0. The van der Waals surface area contributed by atoms with Gasteiger partial charge in [0.15, 0.2) is 5.76 Å². The number of hydrogen-bond acceptors (Lipinski definition) is 3. The van der Waals surface area contributed by atoms with Crippen molar-refractivity contribution < 1.29 is 4.42 Å². The van der Waals surface area contributed by atoms with Crippen LogP contribution in [0.2, 0.25) is 5.02 Å². The quantitative estimate of drug-likeness (QED) is 0.922. The van der Waals surface area contributed by atoms with Crippen molar-refractivity contribution in [2.75, 3.05) is 0 Å². The van der Waals surface area contributed by atoms with Crippen LogP contribution in [0, 0.1) is 0 Å². The second kappa shape index (κ2) is 5.03. The van der Waals surface area contributed by atoms with E-state index in [2.05, 4.69) is 26.2 Å². The topological polar surface area (TPSA) is 38.1 Å². The monoisotopic (exact) mass is 326 g/mol. The lowest BCUT2D eigenvalue weighted by Crippen LogP contribution is -2.15. The predicted octanol–water partition coefficient (Wildman–Crippen LogP) is 4.01. The molecular weight excluding hydrogens is 316 g/mol. The minimum atomic E-state index is 0.655. The van der Waals surface area contributed by atoms with Crippen LogP contribution in [-0.4, -0.2) is 11.0 Å². The van der Waals surface area contributed by atoms with E-state index in [0.717, 1.165) is 21.7 Å². The first-order valence-corrected chi connectivity index (χ1v) is 7.03. The molecule has 1 aromatic heterocycles. The second-order valence-electron chi connectivity index (χ2n) is 4.40. The first-order chi connectivity index (χ1) is 8.72. The number of benzene rings is 1. The SMILES string of the molecule is Clc1ccc(-c2cnc(CNC3CC3)o2)c(Br)c1. The van der Waals surface area contributed by atoms with E-state index >= 15 is 0 Å². The fourth-order valence-electron chi connectivity index (χ4n) is 1.72. The Kier molecular flexibility index (Phi) is 3.41. The maximum absolute atomic E-state index is 5.91. The van der Waals surface area contributed by atoms with E-state index in [1.807, 2.05) is 18.2 Å². The summed E-state index contributed by atoms with van der Waals surface area (Å²) in [6, 6.07) is 6.27. The zero-order valence-corrected chi connectivity index (χ0v) is 12.0. The van der Waals surface area contributed by atoms with Crippen molar-refractivity contribution in [2.45, 2.75) is 25.4 Å². The van der Waals surface area contributed by atoms with Gasteiger partial charge in [0.05, 0.1) is 12.7 Å². The molecule has 0 atom stereocenters. The van der Waals surface area contributed by atoms with E-state index in [1.165, 1.54) is 12.8 Å². The molecule has 1 aromatic carbocycles. The molecule has 0 unspecified atom stereocenters. The number of halogens is 2. The smallest absolute Gasteiger partial charge is 0.208 e. The summed E-state index contributed by atoms with van der Waals surface area (Å²) in [6.45, 7) is 0.690. The van der Waals surface area contributed by atoms with Crippen LogP contribution < -0.4 is 5.32 Å². The Morgan fingerprint density at radius 1 is 1.44 bits per heavy atom. The van der Waals surface area contributed by atoms with Crippen LogP contribution >= 0.6 is 27.5 Å². The van der Waals surface area contributed by atoms with Crippen LogP contribution in [-0.2, 0) is 6.54 Å². The Labute approximate surface area is 119 Å². The van der Waals surface area contributed by atoms with Crippen LogP contribution in [0.1, 0.15) is 18.7 Å². The number of aromatic nitrogens is 1. The van der Waals surface area contributed by atoms with Gasteiger partial charge in [0, 0.05) is 21.1 Å². The van der Waals surface area contributed by atoms with E-state index in [0.29, 0.717) is 17.6 Å². The van der Waals surface area contributed by atoms with E-state index in [4.69, 9.17) is 16.0 Å². The number of nitrogens with zero attached hydrogens (tertiary/aromatic N) is 1. The van der Waals surface area contributed by atoms with Gasteiger partial charge in [-0.1, -0.05) is 11.6 Å². The molecule has 0 spiro atoms. The molecule has 1 aliphatic rings. The summed E-state index contributed by atoms with van der Waals surface area (Å²) < 4.78 is 6.63. The molecule has 0 bridgehead atoms. The lowest BCUT2D eigenvalue weighted by Gasteiger charge is -2.01. The van der Waals surface area contributed by atoms with Crippen LogP contribution in [0.25, 0.3) is 11.3 Å². The first-order valence-electron chi connectivity index (χ1n) is 5.86. The summed E-state index contributed by atoms with van der Waals surface area (Å²) in [5, 5.41) is 4.07. The Balaban J connectivity index is 1.78. The van der Waals surface area contributed by atoms with Gasteiger partial charge < -0.3 is 9.73 Å². The van der Waals surface area contributed by atoms with Gasteiger partial charge in [-0.05, 0) is 47.0 Å². The first kappa shape index (κ1) is 12.2. The van der Waals surface area contributed by atoms with Crippen LogP contribution in [0.4, 0.5) is 0 Å². The van der Waals surface area contributed by atoms with Crippen molar-refractivity contribution >= 4 is 27.5 Å². The van der Waals surface area contributed by atoms with E-state index in [1.54, 1.807) is 6.20 Å². The lowest BCUT2D eigenvalue weighted by molar-refractivity contribution is 0.476. The molecule has 0 aliphatic heterocycles. The van der Waals surface area contributed by atoms with Crippen molar-refractivity contribution in [3.8, 4) is 11.3 Å². The molecule has 0 amide bonds. The molecule has 1 aliphatic carbocycles. The highest BCUT2D eigenvalue weighted by molar-refractivity contribution is 9.10. The van der Waals surface area contributed by atoms with E-state index in [9.17, 15) is 0 Å². The summed E-state index contributed by atoms with van der Waals surface area (Å²) in [5.74, 6) is 1.48. The molecule has 1 N–H and O–H groups in total. The van der Waals surface area contributed by atoms with Gasteiger partial charge in [-0.2, -0.15) is 0 Å². The minimum Gasteiger partial charge on any atom is -0.439 e. The van der Waals surface area contributed by atoms with Gasteiger partial charge in [0.25, 0.3) is 0 Å². The van der Waals surface area contributed by atoms with E-state index < -0.39 is 0 Å². The van der Waals surface area contributed by atoms with Crippen LogP contribution in [0.15, 0.2) is 33.3 Å². The average molecular weight is 328 g/mol. The molecule has 1 heterocycles. The highest BCUT2D eigenvalue weighted by Gasteiger charge is 2.21. The zero-order chi connectivity index (χ0) is 12.5. The molecule has 1 fully saturated rings. The molecule has 18 heavy (non-hydrogen) atoms. The zero-order valence-electron chi connectivity index (χ0n) is 9.62. The van der Waals surface area contributed by atoms with E-state index in [-0.39, 0.29) is 0 Å². The number of oxazole rings is 1. The third-order valence-electron chi connectivity index (χ3n) is 2.87. The molecule has 94 valence electrons. The van der Waals surface area contributed by atoms with Crippen molar-refractivity contribution in [3.05, 3.63) is 39.8 Å². The highest BCUT2D eigenvalue weighted by atomic mass is 79.9. The number of rotatable bonds is 4. The summed E-state index contributed by atoms with van der Waals surface area (Å²) in [7, 11) is 0. The van der Waals surface area contributed by atoms with Crippen molar-refractivity contribution in [2.24, 2.45) is 0 Å². The predicted molar refractivity (Wildman–Crippen MR) is 74.5 cm³/mol.